The number of para-hydroxylation sites is 1. The third-order valence-electron chi connectivity index (χ3n) is 5.79. The van der Waals surface area contributed by atoms with Crippen molar-refractivity contribution in [2.24, 2.45) is 0 Å². The molecule has 1 aromatic heterocycles. The first-order valence-corrected chi connectivity index (χ1v) is 9.61. The molecule has 4 rings (SSSR count). The Morgan fingerprint density at radius 3 is 2.39 bits per heavy atom. The third kappa shape index (κ3) is 2.99. The minimum absolute atomic E-state index is 0.138. The predicted octanol–water partition coefficient (Wildman–Crippen LogP) is 3.63. The van der Waals surface area contributed by atoms with E-state index in [-0.39, 0.29) is 5.91 Å². The van der Waals surface area contributed by atoms with Crippen molar-refractivity contribution in [1.29, 1.82) is 0 Å². The van der Waals surface area contributed by atoms with Crippen LogP contribution in [-0.4, -0.2) is 31.0 Å². The number of rotatable bonds is 4. The Hall–Kier alpha value is -3.02. The number of aryl methyl sites for hydroxylation is 3. The normalized spacial score (nSPS) is 19.4. The van der Waals surface area contributed by atoms with Gasteiger partial charge in [-0.2, -0.15) is 4.68 Å². The van der Waals surface area contributed by atoms with Gasteiger partial charge in [0, 0.05) is 13.0 Å². The fourth-order valence-electron chi connectivity index (χ4n) is 4.08. The second kappa shape index (κ2) is 6.86. The summed E-state index contributed by atoms with van der Waals surface area (Å²) in [5.74, 6) is 0.849. The molecule has 1 aliphatic heterocycles. The van der Waals surface area contributed by atoms with Gasteiger partial charge in [-0.3, -0.25) is 4.79 Å². The number of amides is 1. The van der Waals surface area contributed by atoms with Crippen LogP contribution in [0, 0.1) is 20.8 Å². The van der Waals surface area contributed by atoms with Crippen LogP contribution in [0.2, 0.25) is 0 Å². The van der Waals surface area contributed by atoms with Crippen LogP contribution in [0.15, 0.2) is 42.5 Å². The Balaban J connectivity index is 1.76. The van der Waals surface area contributed by atoms with E-state index in [0.29, 0.717) is 25.2 Å². The van der Waals surface area contributed by atoms with Gasteiger partial charge in [0.05, 0.1) is 5.69 Å². The van der Waals surface area contributed by atoms with Crippen molar-refractivity contribution in [2.75, 3.05) is 0 Å². The smallest absolute Gasteiger partial charge is 0.223 e. The summed E-state index contributed by atoms with van der Waals surface area (Å²) < 4.78 is 1.81. The summed E-state index contributed by atoms with van der Waals surface area (Å²) in [5, 5.41) is 12.6. The molecule has 6 heteroatoms. The zero-order valence-electron chi connectivity index (χ0n) is 16.8. The van der Waals surface area contributed by atoms with Crippen LogP contribution in [0.25, 0.3) is 5.69 Å². The predicted molar refractivity (Wildman–Crippen MR) is 107 cm³/mol. The van der Waals surface area contributed by atoms with Gasteiger partial charge in [0.25, 0.3) is 0 Å². The molecule has 1 atom stereocenters. The summed E-state index contributed by atoms with van der Waals surface area (Å²) in [7, 11) is 0. The number of likely N-dealkylation sites (tertiary alicyclic amines) is 1. The second-order valence-corrected chi connectivity index (χ2v) is 7.89. The first-order chi connectivity index (χ1) is 13.4. The zero-order valence-corrected chi connectivity index (χ0v) is 16.8. The van der Waals surface area contributed by atoms with Crippen LogP contribution >= 0.6 is 0 Å². The van der Waals surface area contributed by atoms with Gasteiger partial charge in [-0.15, -0.1) is 5.10 Å². The summed E-state index contributed by atoms with van der Waals surface area (Å²) in [5.41, 5.74) is 4.95. The lowest BCUT2D eigenvalue weighted by Crippen LogP contribution is -2.42. The maximum Gasteiger partial charge on any atom is 0.223 e. The fourth-order valence-corrected chi connectivity index (χ4v) is 4.08. The lowest BCUT2D eigenvalue weighted by atomic mass is 9.96. The van der Waals surface area contributed by atoms with E-state index >= 15 is 0 Å². The van der Waals surface area contributed by atoms with Crippen LogP contribution in [0.5, 0.6) is 0 Å². The van der Waals surface area contributed by atoms with Crippen molar-refractivity contribution in [1.82, 2.24) is 25.1 Å². The third-order valence-corrected chi connectivity index (χ3v) is 5.79. The molecule has 0 N–H and O–H groups in total. The molecule has 0 bridgehead atoms. The van der Waals surface area contributed by atoms with Crippen molar-refractivity contribution in [3.8, 4) is 5.69 Å². The maximum absolute atomic E-state index is 12.8. The summed E-state index contributed by atoms with van der Waals surface area (Å²) in [6.45, 7) is 8.80. The lowest BCUT2D eigenvalue weighted by Gasteiger charge is -2.34. The van der Waals surface area contributed by atoms with E-state index < -0.39 is 5.54 Å². The molecule has 1 aliphatic rings. The maximum atomic E-state index is 12.8. The average Bonchev–Trinajstić information content (AvgIpc) is 3.25. The number of aromatic nitrogens is 4. The molecule has 6 nitrogen and oxygen atoms in total. The second-order valence-electron chi connectivity index (χ2n) is 7.89. The molecule has 2 heterocycles. The zero-order chi connectivity index (χ0) is 19.9. The van der Waals surface area contributed by atoms with Gasteiger partial charge in [0.15, 0.2) is 5.82 Å². The van der Waals surface area contributed by atoms with E-state index in [9.17, 15) is 4.79 Å². The quantitative estimate of drug-likeness (QED) is 0.699. The van der Waals surface area contributed by atoms with E-state index in [1.54, 1.807) is 0 Å². The van der Waals surface area contributed by atoms with Gasteiger partial charge < -0.3 is 4.90 Å². The minimum atomic E-state index is -0.555. The molecule has 28 heavy (non-hydrogen) atoms. The summed E-state index contributed by atoms with van der Waals surface area (Å²) in [4.78, 5) is 14.7. The minimum Gasteiger partial charge on any atom is -0.326 e. The molecule has 0 aliphatic carbocycles. The van der Waals surface area contributed by atoms with Crippen LogP contribution < -0.4 is 0 Å². The Labute approximate surface area is 165 Å². The van der Waals surface area contributed by atoms with Gasteiger partial charge >= 0.3 is 0 Å². The molecule has 1 amide bonds. The van der Waals surface area contributed by atoms with Gasteiger partial charge in [0.2, 0.25) is 5.91 Å². The van der Waals surface area contributed by atoms with E-state index in [1.165, 1.54) is 5.56 Å². The summed E-state index contributed by atoms with van der Waals surface area (Å²) >= 11 is 0. The van der Waals surface area contributed by atoms with E-state index in [2.05, 4.69) is 79.6 Å². The van der Waals surface area contributed by atoms with Crippen LogP contribution in [-0.2, 0) is 16.9 Å². The Bertz CT molecular complexity index is 1000. The van der Waals surface area contributed by atoms with Crippen LogP contribution in [0.3, 0.4) is 0 Å². The molecule has 1 unspecified atom stereocenters. The number of benzene rings is 2. The topological polar surface area (TPSA) is 63.9 Å². The van der Waals surface area contributed by atoms with Gasteiger partial charge in [-0.05, 0) is 61.2 Å². The first kappa shape index (κ1) is 18.3. The molecule has 0 spiro atoms. The molecule has 2 aromatic carbocycles. The lowest BCUT2D eigenvalue weighted by molar-refractivity contribution is -0.132. The highest BCUT2D eigenvalue weighted by molar-refractivity contribution is 5.79. The summed E-state index contributed by atoms with van der Waals surface area (Å²) in [6, 6.07) is 14.5. The number of carbonyl (C=O) groups excluding carboxylic acids is 1. The van der Waals surface area contributed by atoms with Crippen molar-refractivity contribution < 1.29 is 4.79 Å². The molecule has 1 saturated heterocycles. The van der Waals surface area contributed by atoms with Crippen molar-refractivity contribution in [2.45, 2.75) is 52.6 Å². The molecular weight excluding hydrogens is 350 g/mol. The standard InChI is InChI=1S/C22H25N5O/c1-15-8-10-18(11-9-15)14-26-19(28)12-13-22(26,4)21-23-24-25-27(21)20-16(2)6-5-7-17(20)3/h5-11H,12-14H2,1-4H3. The van der Waals surface area contributed by atoms with Crippen LogP contribution in [0.1, 0.15) is 47.8 Å². The highest BCUT2D eigenvalue weighted by Gasteiger charge is 2.46. The van der Waals surface area contributed by atoms with E-state index in [4.69, 9.17) is 0 Å². The van der Waals surface area contributed by atoms with Gasteiger partial charge in [0.1, 0.15) is 5.54 Å². The Morgan fingerprint density at radius 2 is 1.71 bits per heavy atom. The number of hydrogen-bond donors (Lipinski definition) is 0. The van der Waals surface area contributed by atoms with Crippen molar-refractivity contribution in [3.63, 3.8) is 0 Å². The number of nitrogens with zero attached hydrogens (tertiary/aromatic N) is 5. The highest BCUT2D eigenvalue weighted by atomic mass is 16.2. The number of hydrogen-bond acceptors (Lipinski definition) is 4. The monoisotopic (exact) mass is 375 g/mol. The Kier molecular flexibility index (Phi) is 4.49. The number of carbonyl (C=O) groups is 1. The van der Waals surface area contributed by atoms with Crippen molar-refractivity contribution >= 4 is 5.91 Å². The van der Waals surface area contributed by atoms with Crippen molar-refractivity contribution in [3.05, 3.63) is 70.5 Å². The van der Waals surface area contributed by atoms with Gasteiger partial charge in [-0.1, -0.05) is 48.0 Å². The average molecular weight is 375 g/mol. The SMILES string of the molecule is Cc1ccc(CN2C(=O)CCC2(C)c2nnnn2-c2c(C)cccc2C)cc1. The first-order valence-electron chi connectivity index (χ1n) is 9.61. The van der Waals surface area contributed by atoms with E-state index in [1.807, 2.05) is 15.6 Å². The number of tetrazole rings is 1. The Morgan fingerprint density at radius 1 is 1.04 bits per heavy atom. The molecule has 0 saturated carbocycles. The summed E-state index contributed by atoms with van der Waals surface area (Å²) in [6.07, 6.45) is 1.20. The van der Waals surface area contributed by atoms with E-state index in [0.717, 1.165) is 22.4 Å². The molecule has 3 aromatic rings. The van der Waals surface area contributed by atoms with Crippen LogP contribution in [0.4, 0.5) is 0 Å². The largest absolute Gasteiger partial charge is 0.326 e. The molecule has 1 fully saturated rings. The highest BCUT2D eigenvalue weighted by Crippen LogP contribution is 2.40. The molecular formula is C22H25N5O. The fraction of sp³-hybridized carbons (Fsp3) is 0.364. The molecule has 0 radical (unpaired) electrons. The molecule has 144 valence electrons. The van der Waals surface area contributed by atoms with Gasteiger partial charge in [-0.25, -0.2) is 0 Å².